The zero-order valence-electron chi connectivity index (χ0n) is 26.2. The average molecular weight is 672 g/mol. The number of ether oxygens (including phenoxy) is 5. The van der Waals surface area contributed by atoms with E-state index in [1.54, 1.807) is 25.3 Å². The fraction of sp³-hybridized carbons (Fsp3) is 0.750. The molecule has 10 nitrogen and oxygen atoms in total. The van der Waals surface area contributed by atoms with E-state index in [0.717, 1.165) is 10.0 Å². The highest BCUT2D eigenvalue weighted by molar-refractivity contribution is 9.10. The number of methoxy groups -OCH3 is 1. The van der Waals surface area contributed by atoms with E-state index in [1.165, 1.54) is 6.92 Å². The van der Waals surface area contributed by atoms with Crippen LogP contribution in [0.15, 0.2) is 22.7 Å². The number of aliphatic hydroxyl groups excluding tert-OH is 1. The van der Waals surface area contributed by atoms with Gasteiger partial charge in [-0.15, -0.1) is 0 Å². The lowest BCUT2D eigenvalue weighted by atomic mass is 9.66. The van der Waals surface area contributed by atoms with Crippen molar-refractivity contribution in [3.63, 3.8) is 0 Å². The molecule has 0 saturated carbocycles. The average Bonchev–Trinajstić information content (AvgIpc) is 2.90. The molecule has 3 bridgehead atoms. The van der Waals surface area contributed by atoms with Gasteiger partial charge >= 0.3 is 11.9 Å². The lowest BCUT2D eigenvalue weighted by Gasteiger charge is -2.61. The number of halogens is 1. The standard InChI is InChI=1S/C32H47BrO10/c1-17(8-11-24(39-7)22-12-21(35)9-10-23(22)33)29-19(3)26-15-32(42-29)30(5,6)14-18(2)31(38,43-32)16-28(37)40-25(20(4)34)13-27(36)41-26/h9-10,12,17-20,24-26,29,34-35,38H,8,11,13-16H2,1-7H3/t17-,18+,19-,20+,24?,25?,26-,29+,31-,32+/m0/s1. The summed E-state index contributed by atoms with van der Waals surface area (Å²) in [6.45, 7) is 11.3. The van der Waals surface area contributed by atoms with Crippen molar-refractivity contribution in [2.24, 2.45) is 23.2 Å². The molecule has 1 aromatic carbocycles. The van der Waals surface area contributed by atoms with Crippen LogP contribution in [0.3, 0.4) is 0 Å². The zero-order chi connectivity index (χ0) is 31.9. The third kappa shape index (κ3) is 7.07. The zero-order valence-corrected chi connectivity index (χ0v) is 27.8. The van der Waals surface area contributed by atoms with Crippen molar-refractivity contribution in [3.05, 3.63) is 28.2 Å². The van der Waals surface area contributed by atoms with Crippen LogP contribution in [0, 0.1) is 23.2 Å². The Balaban J connectivity index is 1.67. The molecule has 0 aromatic heterocycles. The smallest absolute Gasteiger partial charge is 0.311 e. The number of cyclic esters (lactones) is 1. The molecule has 10 atom stereocenters. The Hall–Kier alpha value is -1.76. The molecule has 3 N–H and O–H groups in total. The first-order valence-corrected chi connectivity index (χ1v) is 16.0. The Morgan fingerprint density at radius 3 is 2.44 bits per heavy atom. The van der Waals surface area contributed by atoms with Crippen LogP contribution in [0.25, 0.3) is 0 Å². The second-order valence-corrected chi connectivity index (χ2v) is 14.4. The van der Waals surface area contributed by atoms with Crippen LogP contribution in [-0.2, 0) is 33.3 Å². The predicted octanol–water partition coefficient (Wildman–Crippen LogP) is 5.15. The third-order valence-electron chi connectivity index (χ3n) is 9.79. The van der Waals surface area contributed by atoms with Gasteiger partial charge in [-0.2, -0.15) is 0 Å². The molecule has 3 heterocycles. The van der Waals surface area contributed by atoms with Crippen LogP contribution >= 0.6 is 15.9 Å². The minimum Gasteiger partial charge on any atom is -0.508 e. The fourth-order valence-electron chi connectivity index (χ4n) is 7.00. The summed E-state index contributed by atoms with van der Waals surface area (Å²) in [6, 6.07) is 5.08. The molecule has 11 heteroatoms. The molecule has 0 aliphatic carbocycles. The van der Waals surface area contributed by atoms with Gasteiger partial charge in [-0.3, -0.25) is 9.59 Å². The number of esters is 2. The first-order valence-electron chi connectivity index (χ1n) is 15.2. The number of hydrogen-bond acceptors (Lipinski definition) is 10. The SMILES string of the molecule is COC(CC[C@H](C)[C@H]1O[C@]23C[C@H](OC(=O)CC([C@@H](C)O)OC(=O)C[C@](O)(O2)[C@H](C)CC3(C)C)[C@@H]1C)c1cc(O)ccc1Br. The maximum Gasteiger partial charge on any atom is 0.311 e. The highest BCUT2D eigenvalue weighted by Gasteiger charge is 2.64. The quantitative estimate of drug-likeness (QED) is 0.334. The summed E-state index contributed by atoms with van der Waals surface area (Å²) >= 11 is 3.56. The van der Waals surface area contributed by atoms with Gasteiger partial charge < -0.3 is 39.0 Å². The van der Waals surface area contributed by atoms with Crippen LogP contribution in [0.1, 0.15) is 91.7 Å². The number of aromatic hydroxyl groups is 1. The molecule has 1 spiro atoms. The summed E-state index contributed by atoms with van der Waals surface area (Å²) in [5.41, 5.74) is 0.222. The maximum absolute atomic E-state index is 13.2. The molecule has 3 aliphatic rings. The van der Waals surface area contributed by atoms with E-state index < -0.39 is 65.7 Å². The van der Waals surface area contributed by atoms with E-state index in [0.29, 0.717) is 19.3 Å². The fourth-order valence-corrected chi connectivity index (χ4v) is 7.51. The second-order valence-electron chi connectivity index (χ2n) is 13.5. The van der Waals surface area contributed by atoms with E-state index in [9.17, 15) is 24.9 Å². The topological polar surface area (TPSA) is 141 Å². The normalized spacial score (nSPS) is 36.7. The monoisotopic (exact) mass is 670 g/mol. The molecular formula is C32H47BrO10. The van der Waals surface area contributed by atoms with E-state index in [-0.39, 0.29) is 36.5 Å². The van der Waals surface area contributed by atoms with Gasteiger partial charge in [-0.1, -0.05) is 50.5 Å². The number of carbonyl (C=O) groups is 2. The number of phenolic OH excluding ortho intramolecular Hbond substituents is 1. The second kappa shape index (κ2) is 12.9. The highest BCUT2D eigenvalue weighted by Crippen LogP contribution is 2.57. The van der Waals surface area contributed by atoms with E-state index in [1.807, 2.05) is 27.7 Å². The molecule has 4 rings (SSSR count). The number of carbonyl (C=O) groups excluding carboxylic acids is 2. The summed E-state index contributed by atoms with van der Waals surface area (Å²) in [5.74, 6) is -5.20. The molecule has 43 heavy (non-hydrogen) atoms. The van der Waals surface area contributed by atoms with Crippen molar-refractivity contribution < 1.29 is 48.6 Å². The van der Waals surface area contributed by atoms with Gasteiger partial charge in [0.25, 0.3) is 0 Å². The Morgan fingerprint density at radius 2 is 1.79 bits per heavy atom. The van der Waals surface area contributed by atoms with Gasteiger partial charge in [-0.25, -0.2) is 0 Å². The van der Waals surface area contributed by atoms with E-state index in [2.05, 4.69) is 22.9 Å². The minimum absolute atomic E-state index is 0.0583. The number of benzene rings is 1. The van der Waals surface area contributed by atoms with Crippen LogP contribution < -0.4 is 0 Å². The van der Waals surface area contributed by atoms with E-state index in [4.69, 9.17) is 23.7 Å². The predicted molar refractivity (Wildman–Crippen MR) is 160 cm³/mol. The number of rotatable bonds is 7. The number of fused-ring (bicyclic) bond motifs is 2. The lowest BCUT2D eigenvalue weighted by molar-refractivity contribution is -0.452. The molecule has 1 aromatic rings. The molecule has 3 saturated heterocycles. The van der Waals surface area contributed by atoms with Crippen molar-refractivity contribution in [2.45, 2.75) is 122 Å². The minimum atomic E-state index is -1.89. The Kier molecular flexibility index (Phi) is 10.3. The van der Waals surface area contributed by atoms with Gasteiger partial charge in [0.1, 0.15) is 18.0 Å². The van der Waals surface area contributed by atoms with Crippen molar-refractivity contribution in [1.29, 1.82) is 0 Å². The summed E-state index contributed by atoms with van der Waals surface area (Å²) in [4.78, 5) is 26.1. The van der Waals surface area contributed by atoms with Gasteiger partial charge in [-0.05, 0) is 55.9 Å². The highest BCUT2D eigenvalue weighted by atomic mass is 79.9. The first kappa shape index (κ1) is 34.1. The molecule has 3 fully saturated rings. The molecule has 0 amide bonds. The van der Waals surface area contributed by atoms with Gasteiger partial charge in [0.05, 0.1) is 31.2 Å². The van der Waals surface area contributed by atoms with Crippen molar-refractivity contribution >= 4 is 27.9 Å². The Bertz CT molecular complexity index is 1170. The summed E-state index contributed by atoms with van der Waals surface area (Å²) in [5, 5.41) is 32.1. The summed E-state index contributed by atoms with van der Waals surface area (Å²) in [7, 11) is 1.63. The van der Waals surface area contributed by atoms with Crippen molar-refractivity contribution in [3.8, 4) is 5.75 Å². The number of aliphatic hydroxyl groups is 2. The lowest BCUT2D eigenvalue weighted by Crippen LogP contribution is -2.68. The van der Waals surface area contributed by atoms with Gasteiger partial charge in [0, 0.05) is 35.3 Å². The third-order valence-corrected chi connectivity index (χ3v) is 10.5. The van der Waals surface area contributed by atoms with Crippen LogP contribution in [0.5, 0.6) is 5.75 Å². The first-order chi connectivity index (χ1) is 20.0. The van der Waals surface area contributed by atoms with Crippen molar-refractivity contribution in [2.75, 3.05) is 7.11 Å². The maximum atomic E-state index is 13.2. The Labute approximate surface area is 262 Å². The van der Waals surface area contributed by atoms with E-state index >= 15 is 0 Å². The number of hydrogen-bond donors (Lipinski definition) is 3. The van der Waals surface area contributed by atoms with Crippen LogP contribution in [-0.4, -0.2) is 70.4 Å². The molecule has 3 aliphatic heterocycles. The molecule has 0 radical (unpaired) electrons. The number of phenols is 1. The molecular weight excluding hydrogens is 624 g/mol. The van der Waals surface area contributed by atoms with Gasteiger partial charge in [0.2, 0.25) is 0 Å². The van der Waals surface area contributed by atoms with Crippen molar-refractivity contribution in [1.82, 2.24) is 0 Å². The summed E-state index contributed by atoms with van der Waals surface area (Å²) in [6.07, 6.45) is -2.41. The largest absolute Gasteiger partial charge is 0.508 e. The summed E-state index contributed by atoms with van der Waals surface area (Å²) < 4.78 is 31.6. The Morgan fingerprint density at radius 1 is 1.09 bits per heavy atom. The molecule has 242 valence electrons. The van der Waals surface area contributed by atoms with Gasteiger partial charge in [0.15, 0.2) is 11.6 Å². The van der Waals surface area contributed by atoms with Crippen LogP contribution in [0.4, 0.5) is 0 Å². The molecule has 2 unspecified atom stereocenters. The van der Waals surface area contributed by atoms with Crippen LogP contribution in [0.2, 0.25) is 0 Å².